The standard InChI is InChI=1S/C13H23N/c1-10(2)13(6)8-7-12(5)9-14(13)11(3)4/h12H,1,3,7-9H2,2,4-6H3. The molecule has 0 saturated carbocycles. The molecule has 1 heteroatoms. The molecule has 1 heterocycles. The topological polar surface area (TPSA) is 3.24 Å². The minimum absolute atomic E-state index is 0.137. The Morgan fingerprint density at radius 2 is 1.93 bits per heavy atom. The summed E-state index contributed by atoms with van der Waals surface area (Å²) in [5.41, 5.74) is 2.56. The quantitative estimate of drug-likeness (QED) is 0.606. The van der Waals surface area contributed by atoms with Crippen LogP contribution in [0.4, 0.5) is 0 Å². The number of likely N-dealkylation sites (tertiary alicyclic amines) is 1. The van der Waals surface area contributed by atoms with Crippen molar-refractivity contribution >= 4 is 0 Å². The zero-order valence-corrected chi connectivity index (χ0v) is 10.1. The van der Waals surface area contributed by atoms with E-state index in [1.165, 1.54) is 24.1 Å². The lowest BCUT2D eigenvalue weighted by atomic mass is 9.79. The van der Waals surface area contributed by atoms with E-state index >= 15 is 0 Å². The van der Waals surface area contributed by atoms with E-state index in [0.29, 0.717) is 0 Å². The Hall–Kier alpha value is -0.720. The van der Waals surface area contributed by atoms with Gasteiger partial charge in [-0.05, 0) is 39.5 Å². The first kappa shape index (κ1) is 11.4. The van der Waals surface area contributed by atoms with E-state index in [1.807, 2.05) is 0 Å². The van der Waals surface area contributed by atoms with Crippen LogP contribution in [0.5, 0.6) is 0 Å². The molecular weight excluding hydrogens is 170 g/mol. The van der Waals surface area contributed by atoms with Gasteiger partial charge >= 0.3 is 0 Å². The summed E-state index contributed by atoms with van der Waals surface area (Å²) in [6.07, 6.45) is 2.50. The van der Waals surface area contributed by atoms with E-state index in [1.54, 1.807) is 0 Å². The van der Waals surface area contributed by atoms with Crippen LogP contribution in [0, 0.1) is 5.92 Å². The Morgan fingerprint density at radius 3 is 2.36 bits per heavy atom. The summed E-state index contributed by atoms with van der Waals surface area (Å²) in [4.78, 5) is 2.42. The summed E-state index contributed by atoms with van der Waals surface area (Å²) in [6.45, 7) is 18.2. The van der Waals surface area contributed by atoms with Gasteiger partial charge in [0.15, 0.2) is 0 Å². The summed E-state index contributed by atoms with van der Waals surface area (Å²) in [5.74, 6) is 0.777. The number of hydrogen-bond donors (Lipinski definition) is 0. The van der Waals surface area contributed by atoms with Crippen LogP contribution in [-0.2, 0) is 0 Å². The van der Waals surface area contributed by atoms with Crippen LogP contribution >= 0.6 is 0 Å². The predicted molar refractivity (Wildman–Crippen MR) is 63.1 cm³/mol. The Labute approximate surface area is 88.5 Å². The predicted octanol–water partition coefficient (Wildman–Crippen LogP) is 3.59. The average Bonchev–Trinajstić information content (AvgIpc) is 2.08. The maximum Gasteiger partial charge on any atom is 0.0577 e. The molecule has 1 fully saturated rings. The number of rotatable bonds is 2. The Morgan fingerprint density at radius 1 is 1.36 bits per heavy atom. The second-order valence-corrected chi connectivity index (χ2v) is 5.04. The lowest BCUT2D eigenvalue weighted by Crippen LogP contribution is -2.51. The fraction of sp³-hybridized carbons (Fsp3) is 0.692. The minimum atomic E-state index is 0.137. The van der Waals surface area contributed by atoms with E-state index in [2.05, 4.69) is 45.8 Å². The second-order valence-electron chi connectivity index (χ2n) is 5.04. The number of piperidine rings is 1. The molecule has 0 aromatic rings. The van der Waals surface area contributed by atoms with Gasteiger partial charge in [0.1, 0.15) is 0 Å². The molecule has 0 N–H and O–H groups in total. The normalized spacial score (nSPS) is 32.9. The van der Waals surface area contributed by atoms with Crippen molar-refractivity contribution in [2.75, 3.05) is 6.54 Å². The van der Waals surface area contributed by atoms with Crippen LogP contribution in [0.3, 0.4) is 0 Å². The summed E-state index contributed by atoms with van der Waals surface area (Å²) in [5, 5.41) is 0. The molecule has 0 spiro atoms. The molecule has 0 amide bonds. The zero-order chi connectivity index (χ0) is 10.9. The van der Waals surface area contributed by atoms with E-state index in [9.17, 15) is 0 Å². The van der Waals surface area contributed by atoms with Crippen LogP contribution in [0.2, 0.25) is 0 Å². The maximum absolute atomic E-state index is 4.13. The van der Waals surface area contributed by atoms with Gasteiger partial charge in [0, 0.05) is 12.2 Å². The van der Waals surface area contributed by atoms with Gasteiger partial charge in [-0.3, -0.25) is 0 Å². The minimum Gasteiger partial charge on any atom is -0.366 e. The average molecular weight is 193 g/mol. The third-order valence-electron chi connectivity index (χ3n) is 3.59. The van der Waals surface area contributed by atoms with Crippen molar-refractivity contribution in [1.29, 1.82) is 0 Å². The van der Waals surface area contributed by atoms with Crippen LogP contribution < -0.4 is 0 Å². The largest absolute Gasteiger partial charge is 0.366 e. The summed E-state index contributed by atoms with van der Waals surface area (Å²) >= 11 is 0. The second kappa shape index (κ2) is 3.80. The molecule has 1 saturated heterocycles. The maximum atomic E-state index is 4.13. The van der Waals surface area contributed by atoms with E-state index in [-0.39, 0.29) is 5.54 Å². The van der Waals surface area contributed by atoms with Gasteiger partial charge < -0.3 is 4.90 Å². The van der Waals surface area contributed by atoms with Crippen LogP contribution in [0.1, 0.15) is 40.5 Å². The molecule has 14 heavy (non-hydrogen) atoms. The first-order valence-electron chi connectivity index (χ1n) is 5.47. The molecule has 1 aliphatic rings. The highest BCUT2D eigenvalue weighted by Gasteiger charge is 2.36. The summed E-state index contributed by atoms with van der Waals surface area (Å²) in [7, 11) is 0. The van der Waals surface area contributed by atoms with E-state index in [0.717, 1.165) is 12.5 Å². The van der Waals surface area contributed by atoms with Gasteiger partial charge in [0.25, 0.3) is 0 Å². The van der Waals surface area contributed by atoms with Crippen LogP contribution in [0.25, 0.3) is 0 Å². The lowest BCUT2D eigenvalue weighted by Gasteiger charge is -2.49. The van der Waals surface area contributed by atoms with Gasteiger partial charge in [0.2, 0.25) is 0 Å². The fourth-order valence-electron chi connectivity index (χ4n) is 2.29. The molecular formula is C13H23N. The summed E-state index contributed by atoms with van der Waals surface area (Å²) in [6, 6.07) is 0. The summed E-state index contributed by atoms with van der Waals surface area (Å²) < 4.78 is 0. The van der Waals surface area contributed by atoms with Crippen LogP contribution in [-0.4, -0.2) is 17.0 Å². The van der Waals surface area contributed by atoms with Gasteiger partial charge in [-0.25, -0.2) is 0 Å². The van der Waals surface area contributed by atoms with Crippen LogP contribution in [0.15, 0.2) is 24.4 Å². The SMILES string of the molecule is C=C(C)N1CC(C)CCC1(C)C(=C)C. The van der Waals surface area contributed by atoms with Crippen molar-refractivity contribution in [3.05, 3.63) is 24.4 Å². The molecule has 2 atom stereocenters. The highest BCUT2D eigenvalue weighted by Crippen LogP contribution is 2.37. The van der Waals surface area contributed by atoms with Crippen molar-refractivity contribution in [3.63, 3.8) is 0 Å². The number of nitrogens with zero attached hydrogens (tertiary/aromatic N) is 1. The Balaban J connectivity index is 2.93. The molecule has 0 aromatic carbocycles. The monoisotopic (exact) mass is 193 g/mol. The highest BCUT2D eigenvalue weighted by atomic mass is 15.2. The van der Waals surface area contributed by atoms with Crippen molar-refractivity contribution in [2.45, 2.75) is 46.1 Å². The molecule has 0 aromatic heterocycles. The molecule has 0 aliphatic carbocycles. The first-order valence-corrected chi connectivity index (χ1v) is 5.47. The van der Waals surface area contributed by atoms with Crippen molar-refractivity contribution in [2.24, 2.45) is 5.92 Å². The van der Waals surface area contributed by atoms with Crippen molar-refractivity contribution < 1.29 is 0 Å². The molecule has 0 bridgehead atoms. The van der Waals surface area contributed by atoms with Crippen molar-refractivity contribution in [3.8, 4) is 0 Å². The highest BCUT2D eigenvalue weighted by molar-refractivity contribution is 5.18. The van der Waals surface area contributed by atoms with E-state index < -0.39 is 0 Å². The zero-order valence-electron chi connectivity index (χ0n) is 10.1. The molecule has 1 rings (SSSR count). The molecule has 80 valence electrons. The van der Waals surface area contributed by atoms with E-state index in [4.69, 9.17) is 0 Å². The van der Waals surface area contributed by atoms with Gasteiger partial charge in [-0.1, -0.05) is 25.7 Å². The fourth-order valence-corrected chi connectivity index (χ4v) is 2.29. The number of hydrogen-bond acceptors (Lipinski definition) is 1. The van der Waals surface area contributed by atoms with Gasteiger partial charge in [-0.15, -0.1) is 0 Å². The third kappa shape index (κ3) is 1.87. The smallest absolute Gasteiger partial charge is 0.0577 e. The molecule has 1 aliphatic heterocycles. The lowest BCUT2D eigenvalue weighted by molar-refractivity contribution is 0.100. The number of allylic oxidation sites excluding steroid dienone is 1. The van der Waals surface area contributed by atoms with Crippen molar-refractivity contribution in [1.82, 2.24) is 4.90 Å². The van der Waals surface area contributed by atoms with Gasteiger partial charge in [-0.2, -0.15) is 0 Å². The molecule has 1 nitrogen and oxygen atoms in total. The Bertz CT molecular complexity index is 254. The Kier molecular flexibility index (Phi) is 3.08. The molecule has 2 unspecified atom stereocenters. The first-order chi connectivity index (χ1) is 6.38. The third-order valence-corrected chi connectivity index (χ3v) is 3.59. The van der Waals surface area contributed by atoms with Gasteiger partial charge in [0.05, 0.1) is 5.54 Å². The molecule has 0 radical (unpaired) electrons.